The molecule has 1 aromatic heterocycles. The maximum atomic E-state index is 12.6. The van der Waals surface area contributed by atoms with Gasteiger partial charge < -0.3 is 9.42 Å². The standard InChI is InChI=1S/C16H20N2O2/c1-11-6-5-7-12(2)18(11)16(19)10-14-13-8-3-4-9-15(13)20-17-14/h3-4,8-9,11-12H,5-7,10H2,1-2H3/t11-,12-/m1/s1. The van der Waals surface area contributed by atoms with Crippen LogP contribution in [-0.4, -0.2) is 28.0 Å². The van der Waals surface area contributed by atoms with E-state index < -0.39 is 0 Å². The number of piperidine rings is 1. The topological polar surface area (TPSA) is 46.3 Å². The Bertz CT molecular complexity index is 610. The molecule has 1 amide bonds. The molecule has 0 radical (unpaired) electrons. The van der Waals surface area contributed by atoms with Gasteiger partial charge in [-0.05, 0) is 45.2 Å². The zero-order chi connectivity index (χ0) is 14.1. The Hall–Kier alpha value is -1.84. The van der Waals surface area contributed by atoms with Crippen molar-refractivity contribution in [2.24, 2.45) is 0 Å². The lowest BCUT2D eigenvalue weighted by molar-refractivity contribution is -0.136. The van der Waals surface area contributed by atoms with Gasteiger partial charge in [-0.15, -0.1) is 0 Å². The first kappa shape index (κ1) is 13.2. The van der Waals surface area contributed by atoms with Crippen molar-refractivity contribution in [1.82, 2.24) is 10.1 Å². The van der Waals surface area contributed by atoms with Gasteiger partial charge in [-0.3, -0.25) is 4.79 Å². The van der Waals surface area contributed by atoms with E-state index in [0.717, 1.165) is 29.5 Å². The number of nitrogens with zero attached hydrogens (tertiary/aromatic N) is 2. The van der Waals surface area contributed by atoms with E-state index in [-0.39, 0.29) is 5.91 Å². The summed E-state index contributed by atoms with van der Waals surface area (Å²) in [6, 6.07) is 8.34. The molecule has 1 fully saturated rings. The van der Waals surface area contributed by atoms with Crippen molar-refractivity contribution in [3.63, 3.8) is 0 Å². The lowest BCUT2D eigenvalue weighted by Crippen LogP contribution is -2.48. The molecule has 4 nitrogen and oxygen atoms in total. The lowest BCUT2D eigenvalue weighted by atomic mass is 9.96. The molecule has 1 aliphatic rings. The van der Waals surface area contributed by atoms with Crippen LogP contribution in [0.4, 0.5) is 0 Å². The second kappa shape index (κ2) is 5.27. The smallest absolute Gasteiger partial charge is 0.229 e. The van der Waals surface area contributed by atoms with Gasteiger partial charge in [0, 0.05) is 17.5 Å². The highest BCUT2D eigenvalue weighted by Crippen LogP contribution is 2.25. The molecule has 20 heavy (non-hydrogen) atoms. The molecule has 0 aliphatic carbocycles. The number of likely N-dealkylation sites (tertiary alicyclic amines) is 1. The van der Waals surface area contributed by atoms with E-state index in [1.807, 2.05) is 29.2 Å². The first-order valence-electron chi connectivity index (χ1n) is 7.31. The molecule has 106 valence electrons. The number of carbonyl (C=O) groups is 1. The average Bonchev–Trinajstić information content (AvgIpc) is 2.82. The molecule has 0 saturated carbocycles. The fraction of sp³-hybridized carbons (Fsp3) is 0.500. The van der Waals surface area contributed by atoms with Gasteiger partial charge >= 0.3 is 0 Å². The van der Waals surface area contributed by atoms with Crippen molar-refractivity contribution in [1.29, 1.82) is 0 Å². The van der Waals surface area contributed by atoms with Gasteiger partial charge in [-0.1, -0.05) is 17.3 Å². The molecule has 4 heteroatoms. The van der Waals surface area contributed by atoms with Crippen molar-refractivity contribution in [2.75, 3.05) is 0 Å². The Kier molecular flexibility index (Phi) is 3.47. The van der Waals surface area contributed by atoms with E-state index in [1.165, 1.54) is 6.42 Å². The monoisotopic (exact) mass is 272 g/mol. The second-order valence-electron chi connectivity index (χ2n) is 5.73. The van der Waals surface area contributed by atoms with Crippen LogP contribution in [0, 0.1) is 0 Å². The lowest BCUT2D eigenvalue weighted by Gasteiger charge is -2.39. The van der Waals surface area contributed by atoms with E-state index in [4.69, 9.17) is 4.52 Å². The third-order valence-electron chi connectivity index (χ3n) is 4.25. The van der Waals surface area contributed by atoms with Crippen molar-refractivity contribution >= 4 is 16.9 Å². The Morgan fingerprint density at radius 1 is 1.30 bits per heavy atom. The molecule has 1 aromatic carbocycles. The normalized spacial score (nSPS) is 23.2. The van der Waals surface area contributed by atoms with Gasteiger partial charge in [0.15, 0.2) is 5.58 Å². The quantitative estimate of drug-likeness (QED) is 0.843. The maximum absolute atomic E-state index is 12.6. The highest BCUT2D eigenvalue weighted by atomic mass is 16.5. The Balaban J connectivity index is 1.81. The van der Waals surface area contributed by atoms with Crippen LogP contribution < -0.4 is 0 Å². The molecule has 2 heterocycles. The summed E-state index contributed by atoms with van der Waals surface area (Å²) >= 11 is 0. The van der Waals surface area contributed by atoms with Crippen LogP contribution in [0.5, 0.6) is 0 Å². The number of hydrogen-bond acceptors (Lipinski definition) is 3. The number of para-hydroxylation sites is 1. The first-order chi connectivity index (χ1) is 9.66. The molecule has 1 saturated heterocycles. The minimum atomic E-state index is 0.156. The molecule has 0 bridgehead atoms. The van der Waals surface area contributed by atoms with Gasteiger partial charge in [-0.25, -0.2) is 0 Å². The largest absolute Gasteiger partial charge is 0.356 e. The number of benzene rings is 1. The number of aromatic nitrogens is 1. The van der Waals surface area contributed by atoms with Crippen LogP contribution in [-0.2, 0) is 11.2 Å². The van der Waals surface area contributed by atoms with Gasteiger partial charge in [0.05, 0.1) is 6.42 Å². The molecule has 0 N–H and O–H groups in total. The van der Waals surface area contributed by atoms with E-state index >= 15 is 0 Å². The predicted molar refractivity (Wildman–Crippen MR) is 77.3 cm³/mol. The fourth-order valence-corrected chi connectivity index (χ4v) is 3.21. The van der Waals surface area contributed by atoms with Crippen LogP contribution >= 0.6 is 0 Å². The Labute approximate surface area is 118 Å². The van der Waals surface area contributed by atoms with Crippen LogP contribution in [0.3, 0.4) is 0 Å². The summed E-state index contributed by atoms with van der Waals surface area (Å²) in [4.78, 5) is 14.6. The van der Waals surface area contributed by atoms with Crippen molar-refractivity contribution < 1.29 is 9.32 Å². The molecular weight excluding hydrogens is 252 g/mol. The molecule has 1 aliphatic heterocycles. The Morgan fingerprint density at radius 3 is 2.75 bits per heavy atom. The average molecular weight is 272 g/mol. The van der Waals surface area contributed by atoms with Gasteiger partial charge in [0.25, 0.3) is 0 Å². The third kappa shape index (κ3) is 2.30. The number of amides is 1. The number of hydrogen-bond donors (Lipinski definition) is 0. The summed E-state index contributed by atoms with van der Waals surface area (Å²) in [6.07, 6.45) is 3.72. The number of fused-ring (bicyclic) bond motifs is 1. The summed E-state index contributed by atoms with van der Waals surface area (Å²) in [7, 11) is 0. The summed E-state index contributed by atoms with van der Waals surface area (Å²) in [6.45, 7) is 4.27. The Morgan fingerprint density at radius 2 is 2.00 bits per heavy atom. The number of rotatable bonds is 2. The zero-order valence-corrected chi connectivity index (χ0v) is 12.0. The van der Waals surface area contributed by atoms with Crippen molar-refractivity contribution in [3.05, 3.63) is 30.0 Å². The molecule has 3 rings (SSSR count). The molecular formula is C16H20N2O2. The summed E-state index contributed by atoms with van der Waals surface area (Å²) in [5.74, 6) is 0.156. The highest BCUT2D eigenvalue weighted by molar-refractivity contribution is 5.86. The minimum Gasteiger partial charge on any atom is -0.356 e. The minimum absolute atomic E-state index is 0.156. The summed E-state index contributed by atoms with van der Waals surface area (Å²) < 4.78 is 5.27. The van der Waals surface area contributed by atoms with Gasteiger partial charge in [-0.2, -0.15) is 0 Å². The van der Waals surface area contributed by atoms with E-state index in [9.17, 15) is 4.79 Å². The maximum Gasteiger partial charge on any atom is 0.229 e. The van der Waals surface area contributed by atoms with E-state index in [0.29, 0.717) is 18.5 Å². The predicted octanol–water partition coefficient (Wildman–Crippen LogP) is 3.16. The third-order valence-corrected chi connectivity index (χ3v) is 4.25. The molecule has 2 atom stereocenters. The second-order valence-corrected chi connectivity index (χ2v) is 5.73. The van der Waals surface area contributed by atoms with Crippen LogP contribution in [0.15, 0.2) is 28.8 Å². The van der Waals surface area contributed by atoms with Crippen molar-refractivity contribution in [2.45, 2.75) is 51.6 Å². The van der Waals surface area contributed by atoms with Gasteiger partial charge in [0.2, 0.25) is 5.91 Å². The van der Waals surface area contributed by atoms with Crippen molar-refractivity contribution in [3.8, 4) is 0 Å². The van der Waals surface area contributed by atoms with Crippen LogP contribution in [0.25, 0.3) is 11.0 Å². The number of carbonyl (C=O) groups excluding carboxylic acids is 1. The van der Waals surface area contributed by atoms with Crippen LogP contribution in [0.2, 0.25) is 0 Å². The SMILES string of the molecule is C[C@@H]1CCC[C@@H](C)N1C(=O)Cc1noc2ccccc12. The zero-order valence-electron chi connectivity index (χ0n) is 12.0. The summed E-state index contributed by atoms with van der Waals surface area (Å²) in [5, 5.41) is 5.00. The van der Waals surface area contributed by atoms with E-state index in [1.54, 1.807) is 0 Å². The molecule has 2 aromatic rings. The molecule has 0 spiro atoms. The highest BCUT2D eigenvalue weighted by Gasteiger charge is 2.29. The summed E-state index contributed by atoms with van der Waals surface area (Å²) in [5.41, 5.74) is 1.49. The fourth-order valence-electron chi connectivity index (χ4n) is 3.21. The van der Waals surface area contributed by atoms with E-state index in [2.05, 4.69) is 19.0 Å². The first-order valence-corrected chi connectivity index (χ1v) is 7.31. The van der Waals surface area contributed by atoms with Crippen LogP contribution in [0.1, 0.15) is 38.8 Å². The molecule has 0 unspecified atom stereocenters. The van der Waals surface area contributed by atoms with Gasteiger partial charge in [0.1, 0.15) is 5.69 Å².